The number of rotatable bonds is 3. The number of amides is 1. The molecule has 0 fully saturated rings. The molecule has 0 radical (unpaired) electrons. The number of fused-ring (bicyclic) bond motifs is 1. The number of thioether (sulfide) groups is 1. The van der Waals surface area contributed by atoms with E-state index in [0.29, 0.717) is 5.75 Å². The van der Waals surface area contributed by atoms with Crippen molar-refractivity contribution in [2.24, 2.45) is 0 Å². The maximum Gasteiger partial charge on any atom is 0.237 e. The molecule has 4 heteroatoms. The summed E-state index contributed by atoms with van der Waals surface area (Å²) in [5, 5.41) is 0. The molecule has 2 N–H and O–H groups in total. The van der Waals surface area contributed by atoms with Crippen LogP contribution in [0.2, 0.25) is 0 Å². The van der Waals surface area contributed by atoms with Gasteiger partial charge in [-0.05, 0) is 49.1 Å². The first kappa shape index (κ1) is 15.0. The SMILES string of the molecule is Cc1ccccc1SCC(=O)N1CCCc2c(N)cccc21. The van der Waals surface area contributed by atoms with E-state index in [9.17, 15) is 4.79 Å². The molecule has 3 nitrogen and oxygen atoms in total. The Hall–Kier alpha value is -1.94. The minimum atomic E-state index is 0.153. The number of carbonyl (C=O) groups excluding carboxylic acids is 1. The van der Waals surface area contributed by atoms with Gasteiger partial charge in [0, 0.05) is 22.8 Å². The van der Waals surface area contributed by atoms with Crippen molar-refractivity contribution in [3.05, 3.63) is 53.6 Å². The van der Waals surface area contributed by atoms with Crippen LogP contribution in [0, 0.1) is 6.92 Å². The zero-order chi connectivity index (χ0) is 15.5. The number of nitrogens with zero attached hydrogens (tertiary/aromatic N) is 1. The number of benzene rings is 2. The molecule has 0 unspecified atom stereocenters. The summed E-state index contributed by atoms with van der Waals surface area (Å²) in [5.74, 6) is 0.610. The molecule has 0 bridgehead atoms. The highest BCUT2D eigenvalue weighted by Gasteiger charge is 2.23. The third kappa shape index (κ3) is 2.97. The van der Waals surface area contributed by atoms with Crippen molar-refractivity contribution in [1.82, 2.24) is 0 Å². The Bertz CT molecular complexity index is 699. The van der Waals surface area contributed by atoms with Crippen LogP contribution in [-0.2, 0) is 11.2 Å². The van der Waals surface area contributed by atoms with Crippen LogP contribution in [0.25, 0.3) is 0 Å². The van der Waals surface area contributed by atoms with Gasteiger partial charge in [-0.2, -0.15) is 0 Å². The Morgan fingerprint density at radius 2 is 2.05 bits per heavy atom. The molecule has 0 aromatic heterocycles. The monoisotopic (exact) mass is 312 g/mol. The van der Waals surface area contributed by atoms with E-state index in [1.807, 2.05) is 35.2 Å². The minimum absolute atomic E-state index is 0.153. The van der Waals surface area contributed by atoms with Gasteiger partial charge < -0.3 is 10.6 Å². The van der Waals surface area contributed by atoms with Crippen molar-refractivity contribution in [3.63, 3.8) is 0 Å². The Balaban J connectivity index is 1.74. The van der Waals surface area contributed by atoms with Gasteiger partial charge in [0.15, 0.2) is 0 Å². The van der Waals surface area contributed by atoms with Crippen LogP contribution < -0.4 is 10.6 Å². The highest BCUT2D eigenvalue weighted by molar-refractivity contribution is 8.00. The van der Waals surface area contributed by atoms with E-state index in [0.717, 1.165) is 36.3 Å². The number of nitrogen functional groups attached to an aromatic ring is 1. The van der Waals surface area contributed by atoms with E-state index in [1.54, 1.807) is 11.8 Å². The predicted molar refractivity (Wildman–Crippen MR) is 93.4 cm³/mol. The number of hydrogen-bond donors (Lipinski definition) is 1. The molecule has 1 aliphatic rings. The molecular formula is C18H20N2OS. The fourth-order valence-electron chi connectivity index (χ4n) is 2.85. The lowest BCUT2D eigenvalue weighted by molar-refractivity contribution is -0.116. The number of anilines is 2. The Morgan fingerprint density at radius 1 is 1.23 bits per heavy atom. The number of hydrogen-bond acceptors (Lipinski definition) is 3. The average Bonchev–Trinajstić information content (AvgIpc) is 2.54. The fourth-order valence-corrected chi connectivity index (χ4v) is 3.75. The molecule has 2 aromatic carbocycles. The average molecular weight is 312 g/mol. The van der Waals surface area contributed by atoms with Gasteiger partial charge in [-0.3, -0.25) is 4.79 Å². The van der Waals surface area contributed by atoms with Gasteiger partial charge in [-0.1, -0.05) is 24.3 Å². The quantitative estimate of drug-likeness (QED) is 0.695. The molecule has 0 atom stereocenters. The first-order valence-electron chi connectivity index (χ1n) is 7.53. The van der Waals surface area contributed by atoms with Crippen LogP contribution in [0.15, 0.2) is 47.4 Å². The molecular weight excluding hydrogens is 292 g/mol. The Kier molecular flexibility index (Phi) is 4.39. The van der Waals surface area contributed by atoms with Crippen LogP contribution in [-0.4, -0.2) is 18.2 Å². The second-order valence-electron chi connectivity index (χ2n) is 5.55. The lowest BCUT2D eigenvalue weighted by atomic mass is 10.00. The summed E-state index contributed by atoms with van der Waals surface area (Å²) in [4.78, 5) is 15.7. The summed E-state index contributed by atoms with van der Waals surface area (Å²) < 4.78 is 0. The highest BCUT2D eigenvalue weighted by Crippen LogP contribution is 2.32. The van der Waals surface area contributed by atoms with Crippen molar-refractivity contribution in [3.8, 4) is 0 Å². The lowest BCUT2D eigenvalue weighted by Crippen LogP contribution is -2.36. The Labute approximate surface area is 135 Å². The van der Waals surface area contributed by atoms with Gasteiger partial charge in [-0.25, -0.2) is 0 Å². The van der Waals surface area contributed by atoms with Crippen molar-refractivity contribution >= 4 is 29.0 Å². The van der Waals surface area contributed by atoms with Gasteiger partial charge in [0.2, 0.25) is 5.91 Å². The molecule has 114 valence electrons. The van der Waals surface area contributed by atoms with Gasteiger partial charge in [0.1, 0.15) is 0 Å². The summed E-state index contributed by atoms with van der Waals surface area (Å²) >= 11 is 1.61. The second kappa shape index (κ2) is 6.44. The third-order valence-electron chi connectivity index (χ3n) is 4.03. The summed E-state index contributed by atoms with van der Waals surface area (Å²) in [6, 6.07) is 14.0. The highest BCUT2D eigenvalue weighted by atomic mass is 32.2. The zero-order valence-electron chi connectivity index (χ0n) is 12.7. The maximum atomic E-state index is 12.6. The third-order valence-corrected chi connectivity index (χ3v) is 5.19. The van der Waals surface area contributed by atoms with Gasteiger partial charge in [0.25, 0.3) is 0 Å². The zero-order valence-corrected chi connectivity index (χ0v) is 13.5. The lowest BCUT2D eigenvalue weighted by Gasteiger charge is -2.30. The van der Waals surface area contributed by atoms with Gasteiger partial charge >= 0.3 is 0 Å². The second-order valence-corrected chi connectivity index (χ2v) is 6.57. The van der Waals surface area contributed by atoms with E-state index in [4.69, 9.17) is 5.73 Å². The van der Waals surface area contributed by atoms with Gasteiger partial charge in [0.05, 0.1) is 5.75 Å². The molecule has 1 amide bonds. The van der Waals surface area contributed by atoms with Gasteiger partial charge in [-0.15, -0.1) is 11.8 Å². The van der Waals surface area contributed by atoms with E-state index < -0.39 is 0 Å². The molecule has 3 rings (SSSR count). The van der Waals surface area contributed by atoms with Crippen LogP contribution in [0.4, 0.5) is 11.4 Å². The number of carbonyl (C=O) groups is 1. The standard InChI is InChI=1S/C18H20N2OS/c1-13-6-2-3-10-17(13)22-12-18(21)20-11-5-7-14-15(19)8-4-9-16(14)20/h2-4,6,8-10H,5,7,11-12,19H2,1H3. The summed E-state index contributed by atoms with van der Waals surface area (Å²) in [6.07, 6.45) is 1.93. The molecule has 0 aliphatic carbocycles. The topological polar surface area (TPSA) is 46.3 Å². The first-order valence-corrected chi connectivity index (χ1v) is 8.51. The largest absolute Gasteiger partial charge is 0.398 e. The van der Waals surface area contributed by atoms with E-state index in [1.165, 1.54) is 10.5 Å². The van der Waals surface area contributed by atoms with E-state index >= 15 is 0 Å². The summed E-state index contributed by atoms with van der Waals surface area (Å²) in [5.41, 5.74) is 10.2. The fraction of sp³-hybridized carbons (Fsp3) is 0.278. The number of aryl methyl sites for hydroxylation is 1. The summed E-state index contributed by atoms with van der Waals surface area (Å²) in [7, 11) is 0. The molecule has 0 saturated heterocycles. The molecule has 22 heavy (non-hydrogen) atoms. The number of nitrogens with two attached hydrogens (primary N) is 1. The maximum absolute atomic E-state index is 12.6. The van der Waals surface area contributed by atoms with Crippen LogP contribution in [0.5, 0.6) is 0 Å². The normalized spacial score (nSPS) is 13.8. The van der Waals surface area contributed by atoms with Crippen LogP contribution >= 0.6 is 11.8 Å². The minimum Gasteiger partial charge on any atom is -0.398 e. The van der Waals surface area contributed by atoms with Crippen LogP contribution in [0.1, 0.15) is 17.5 Å². The van der Waals surface area contributed by atoms with Crippen molar-refractivity contribution in [1.29, 1.82) is 0 Å². The molecule has 0 saturated carbocycles. The molecule has 1 aliphatic heterocycles. The molecule has 0 spiro atoms. The summed E-state index contributed by atoms with van der Waals surface area (Å²) in [6.45, 7) is 2.85. The van der Waals surface area contributed by atoms with Crippen molar-refractivity contribution in [2.45, 2.75) is 24.7 Å². The molecule has 2 aromatic rings. The van der Waals surface area contributed by atoms with E-state index in [2.05, 4.69) is 19.1 Å². The Morgan fingerprint density at radius 3 is 2.86 bits per heavy atom. The van der Waals surface area contributed by atoms with Crippen molar-refractivity contribution < 1.29 is 4.79 Å². The first-order chi connectivity index (χ1) is 10.7. The van der Waals surface area contributed by atoms with E-state index in [-0.39, 0.29) is 5.91 Å². The smallest absolute Gasteiger partial charge is 0.237 e. The predicted octanol–water partition coefficient (Wildman–Crippen LogP) is 3.65. The van der Waals surface area contributed by atoms with Crippen LogP contribution in [0.3, 0.4) is 0 Å². The van der Waals surface area contributed by atoms with Crippen molar-refractivity contribution in [2.75, 3.05) is 22.9 Å². The molecule has 1 heterocycles.